The van der Waals surface area contributed by atoms with Crippen LogP contribution in [0.2, 0.25) is 0 Å². The molecule has 0 bridgehead atoms. The number of carbonyl (C=O) groups excluding carboxylic acids is 2. The first kappa shape index (κ1) is 14.1. The molecule has 7 heteroatoms. The van der Waals surface area contributed by atoms with Gasteiger partial charge in [-0.25, -0.2) is 0 Å². The molecule has 3 rings (SSSR count). The molecule has 2 aromatic rings. The number of nitrogens with one attached hydrogen (secondary N) is 3. The Morgan fingerprint density at radius 3 is 2.55 bits per heavy atom. The Labute approximate surface area is 125 Å². The van der Waals surface area contributed by atoms with E-state index in [1.807, 2.05) is 30.5 Å². The summed E-state index contributed by atoms with van der Waals surface area (Å²) >= 11 is 0. The van der Waals surface area contributed by atoms with Crippen molar-refractivity contribution in [2.45, 2.75) is 24.9 Å². The van der Waals surface area contributed by atoms with E-state index >= 15 is 0 Å². The number of hydrogen-bond acceptors (Lipinski definition) is 3. The predicted octanol–water partition coefficient (Wildman–Crippen LogP) is 0.168. The van der Waals surface area contributed by atoms with Crippen molar-refractivity contribution in [3.8, 4) is 0 Å². The minimum atomic E-state index is -1.13. The molecule has 0 radical (unpaired) electrons. The number of amides is 2. The van der Waals surface area contributed by atoms with Gasteiger partial charge >= 0.3 is 5.97 Å². The molecule has 1 saturated heterocycles. The van der Waals surface area contributed by atoms with Crippen molar-refractivity contribution < 1.29 is 19.5 Å². The number of aromatic amines is 1. The van der Waals surface area contributed by atoms with Crippen molar-refractivity contribution >= 4 is 28.7 Å². The number of carbonyl (C=O) groups is 3. The number of piperazine rings is 1. The summed E-state index contributed by atoms with van der Waals surface area (Å²) in [5.74, 6) is -1.96. The number of aliphatic carboxylic acids is 1. The first-order chi connectivity index (χ1) is 10.5. The Hall–Kier alpha value is -2.83. The van der Waals surface area contributed by atoms with Crippen LogP contribution >= 0.6 is 0 Å². The lowest BCUT2D eigenvalue weighted by Gasteiger charge is -2.28. The van der Waals surface area contributed by atoms with E-state index in [-0.39, 0.29) is 5.91 Å². The first-order valence-corrected chi connectivity index (χ1v) is 6.92. The molecular weight excluding hydrogens is 286 g/mol. The minimum absolute atomic E-state index is 0.349. The summed E-state index contributed by atoms with van der Waals surface area (Å²) in [6, 6.07) is 5.98. The third kappa shape index (κ3) is 2.65. The van der Waals surface area contributed by atoms with Gasteiger partial charge in [-0.3, -0.25) is 14.4 Å². The smallest absolute Gasteiger partial charge is 0.305 e. The standard InChI is InChI=1S/C15H15N3O4/c19-13(20)6-12-15(22)17-11(14(21)18-12)5-8-7-16-10-4-2-1-3-9(8)10/h1-4,7,11-12,16H,5-6H2,(H,17,22)(H,18,21)(H,19,20)/t11-,12-/m0/s1. The Morgan fingerprint density at radius 1 is 1.09 bits per heavy atom. The van der Waals surface area contributed by atoms with Gasteiger partial charge in [0.15, 0.2) is 0 Å². The Balaban J connectivity index is 1.75. The number of para-hydroxylation sites is 1. The number of aromatic nitrogens is 1. The molecule has 4 N–H and O–H groups in total. The van der Waals surface area contributed by atoms with Gasteiger partial charge in [0, 0.05) is 23.5 Å². The zero-order chi connectivity index (χ0) is 15.7. The van der Waals surface area contributed by atoms with Crippen LogP contribution in [0.15, 0.2) is 30.5 Å². The lowest BCUT2D eigenvalue weighted by Crippen LogP contribution is -2.62. The number of carboxylic acid groups (broad SMARTS) is 1. The highest BCUT2D eigenvalue weighted by atomic mass is 16.4. The fraction of sp³-hybridized carbons (Fsp3) is 0.267. The molecule has 2 amide bonds. The molecule has 0 spiro atoms. The van der Waals surface area contributed by atoms with Gasteiger partial charge in [-0.1, -0.05) is 18.2 Å². The van der Waals surface area contributed by atoms with E-state index in [1.165, 1.54) is 0 Å². The zero-order valence-corrected chi connectivity index (χ0v) is 11.6. The fourth-order valence-corrected chi connectivity index (χ4v) is 2.66. The van der Waals surface area contributed by atoms with Crippen molar-refractivity contribution in [1.82, 2.24) is 15.6 Å². The summed E-state index contributed by atoms with van der Waals surface area (Å²) in [7, 11) is 0. The van der Waals surface area contributed by atoms with E-state index in [2.05, 4.69) is 15.6 Å². The van der Waals surface area contributed by atoms with Gasteiger partial charge in [-0.15, -0.1) is 0 Å². The molecule has 7 nitrogen and oxygen atoms in total. The lowest BCUT2D eigenvalue weighted by atomic mass is 10.0. The minimum Gasteiger partial charge on any atom is -0.481 e. The molecule has 1 aliphatic rings. The average Bonchev–Trinajstić information content (AvgIpc) is 2.87. The van der Waals surface area contributed by atoms with Crippen molar-refractivity contribution in [3.05, 3.63) is 36.0 Å². The monoisotopic (exact) mass is 301 g/mol. The number of carboxylic acids is 1. The highest BCUT2D eigenvalue weighted by Crippen LogP contribution is 2.19. The summed E-state index contributed by atoms with van der Waals surface area (Å²) < 4.78 is 0. The highest BCUT2D eigenvalue weighted by molar-refractivity contribution is 5.99. The van der Waals surface area contributed by atoms with Crippen molar-refractivity contribution in [2.24, 2.45) is 0 Å². The summed E-state index contributed by atoms with van der Waals surface area (Å²) in [6.07, 6.45) is 1.74. The number of fused-ring (bicyclic) bond motifs is 1. The molecule has 0 unspecified atom stereocenters. The van der Waals surface area contributed by atoms with Crippen molar-refractivity contribution in [1.29, 1.82) is 0 Å². The molecule has 2 heterocycles. The molecular formula is C15H15N3O4. The zero-order valence-electron chi connectivity index (χ0n) is 11.6. The van der Waals surface area contributed by atoms with Crippen molar-refractivity contribution in [2.75, 3.05) is 0 Å². The maximum absolute atomic E-state index is 12.1. The van der Waals surface area contributed by atoms with Gasteiger partial charge in [-0.05, 0) is 11.6 Å². The molecule has 2 atom stereocenters. The van der Waals surface area contributed by atoms with Crippen LogP contribution in [0.5, 0.6) is 0 Å². The number of rotatable bonds is 4. The fourth-order valence-electron chi connectivity index (χ4n) is 2.66. The van der Waals surface area contributed by atoms with Gasteiger partial charge in [0.25, 0.3) is 0 Å². The van der Waals surface area contributed by atoms with E-state index < -0.39 is 30.4 Å². The average molecular weight is 301 g/mol. The van der Waals surface area contributed by atoms with Gasteiger partial charge in [0.05, 0.1) is 6.42 Å². The van der Waals surface area contributed by atoms with E-state index in [9.17, 15) is 14.4 Å². The second-order valence-electron chi connectivity index (χ2n) is 5.28. The first-order valence-electron chi connectivity index (χ1n) is 6.92. The second kappa shape index (κ2) is 5.51. The third-order valence-corrected chi connectivity index (χ3v) is 3.74. The summed E-state index contributed by atoms with van der Waals surface area (Å²) in [6.45, 7) is 0. The van der Waals surface area contributed by atoms with Crippen LogP contribution in [-0.4, -0.2) is 40.0 Å². The quantitative estimate of drug-likeness (QED) is 0.645. The maximum Gasteiger partial charge on any atom is 0.305 e. The predicted molar refractivity (Wildman–Crippen MR) is 78.1 cm³/mol. The summed E-state index contributed by atoms with van der Waals surface area (Å²) in [5, 5.41) is 14.8. The summed E-state index contributed by atoms with van der Waals surface area (Å²) in [5.41, 5.74) is 1.89. The second-order valence-corrected chi connectivity index (χ2v) is 5.28. The largest absolute Gasteiger partial charge is 0.481 e. The Bertz CT molecular complexity index is 752. The van der Waals surface area contributed by atoms with Crippen molar-refractivity contribution in [3.63, 3.8) is 0 Å². The normalized spacial score (nSPS) is 21.5. The molecule has 0 saturated carbocycles. The van der Waals surface area contributed by atoms with Crippen LogP contribution in [0.1, 0.15) is 12.0 Å². The van der Waals surface area contributed by atoms with Crippen LogP contribution in [0, 0.1) is 0 Å². The van der Waals surface area contributed by atoms with Crippen LogP contribution in [0.25, 0.3) is 10.9 Å². The Kier molecular flexibility index (Phi) is 3.54. The SMILES string of the molecule is O=C(O)C[C@@H]1NC(=O)[C@H](Cc2c[nH]c3ccccc23)NC1=O. The van der Waals surface area contributed by atoms with Gasteiger partial charge < -0.3 is 20.7 Å². The van der Waals surface area contributed by atoms with E-state index in [4.69, 9.17) is 5.11 Å². The van der Waals surface area contributed by atoms with Gasteiger partial charge in [0.1, 0.15) is 12.1 Å². The van der Waals surface area contributed by atoms with Gasteiger partial charge in [-0.2, -0.15) is 0 Å². The Morgan fingerprint density at radius 2 is 1.77 bits per heavy atom. The van der Waals surface area contributed by atoms with E-state index in [0.717, 1.165) is 16.5 Å². The topological polar surface area (TPSA) is 111 Å². The molecule has 1 aromatic carbocycles. The number of benzene rings is 1. The molecule has 114 valence electrons. The van der Waals surface area contributed by atoms with Crippen LogP contribution in [0.3, 0.4) is 0 Å². The highest BCUT2D eigenvalue weighted by Gasteiger charge is 2.35. The van der Waals surface area contributed by atoms with Crippen LogP contribution in [0.4, 0.5) is 0 Å². The van der Waals surface area contributed by atoms with Crippen LogP contribution < -0.4 is 10.6 Å². The molecule has 1 fully saturated rings. The number of hydrogen-bond donors (Lipinski definition) is 4. The summed E-state index contributed by atoms with van der Waals surface area (Å²) in [4.78, 5) is 37.7. The molecule has 22 heavy (non-hydrogen) atoms. The van der Waals surface area contributed by atoms with Crippen LogP contribution in [-0.2, 0) is 20.8 Å². The van der Waals surface area contributed by atoms with E-state index in [1.54, 1.807) is 0 Å². The lowest BCUT2D eigenvalue weighted by molar-refractivity contribution is -0.143. The molecule has 1 aliphatic heterocycles. The van der Waals surface area contributed by atoms with E-state index in [0.29, 0.717) is 6.42 Å². The third-order valence-electron chi connectivity index (χ3n) is 3.74. The number of H-pyrrole nitrogens is 1. The van der Waals surface area contributed by atoms with Gasteiger partial charge in [0.2, 0.25) is 11.8 Å². The molecule has 0 aliphatic carbocycles. The maximum atomic E-state index is 12.1. The molecule has 1 aromatic heterocycles.